The minimum absolute atomic E-state index is 0.0611. The van der Waals surface area contributed by atoms with Crippen molar-refractivity contribution in [2.24, 2.45) is 5.41 Å². The number of rotatable bonds is 15. The minimum Gasteiger partial charge on any atom is -0.466 e. The van der Waals surface area contributed by atoms with E-state index in [1.807, 2.05) is 27.7 Å². The Kier molecular flexibility index (Phi) is 13.7. The van der Waals surface area contributed by atoms with Crippen molar-refractivity contribution in [2.45, 2.75) is 98.3 Å². The van der Waals surface area contributed by atoms with E-state index in [9.17, 15) is 9.59 Å². The first-order valence-corrected chi connectivity index (χ1v) is 9.77. The molecular formula is C20H38O4. The summed E-state index contributed by atoms with van der Waals surface area (Å²) in [5.41, 5.74) is -0.367. The Morgan fingerprint density at radius 1 is 0.750 bits per heavy atom. The van der Waals surface area contributed by atoms with Crippen molar-refractivity contribution in [3.63, 3.8) is 0 Å². The predicted octanol–water partition coefficient (Wildman–Crippen LogP) is 5.43. The Labute approximate surface area is 148 Å². The Hall–Kier alpha value is -1.06. The summed E-state index contributed by atoms with van der Waals surface area (Å²) in [6, 6.07) is 0. The van der Waals surface area contributed by atoms with Gasteiger partial charge in [0, 0.05) is 6.42 Å². The smallest absolute Gasteiger partial charge is 0.311 e. The van der Waals surface area contributed by atoms with E-state index in [1.54, 1.807) is 0 Å². The third-order valence-corrected chi connectivity index (χ3v) is 4.14. The van der Waals surface area contributed by atoms with Gasteiger partial charge >= 0.3 is 11.9 Å². The summed E-state index contributed by atoms with van der Waals surface area (Å²) in [6.07, 6.45) is 11.0. The fraction of sp³-hybridized carbons (Fsp3) is 0.900. The minimum atomic E-state index is -0.367. The van der Waals surface area contributed by atoms with Crippen LogP contribution in [0, 0.1) is 5.41 Å². The summed E-state index contributed by atoms with van der Waals surface area (Å²) >= 11 is 0. The topological polar surface area (TPSA) is 52.6 Å². The average molecular weight is 343 g/mol. The standard InChI is InChI=1S/C20H38O4/c1-5-16-23-18(21)14-12-10-8-7-9-11-13-15-20(3,4)19(22)24-17-6-2/h5-17H2,1-4H3. The molecule has 0 aromatic rings. The highest BCUT2D eigenvalue weighted by atomic mass is 16.5. The van der Waals surface area contributed by atoms with Crippen LogP contribution in [0.1, 0.15) is 98.3 Å². The van der Waals surface area contributed by atoms with E-state index in [-0.39, 0.29) is 17.4 Å². The van der Waals surface area contributed by atoms with Crippen LogP contribution in [0.3, 0.4) is 0 Å². The van der Waals surface area contributed by atoms with Gasteiger partial charge in [0.25, 0.3) is 0 Å². The van der Waals surface area contributed by atoms with Gasteiger partial charge in [-0.3, -0.25) is 9.59 Å². The summed E-state index contributed by atoms with van der Waals surface area (Å²) in [7, 11) is 0. The molecule has 0 bridgehead atoms. The molecule has 0 aromatic heterocycles. The zero-order chi connectivity index (χ0) is 18.3. The number of unbranched alkanes of at least 4 members (excludes halogenated alkanes) is 6. The van der Waals surface area contributed by atoms with E-state index >= 15 is 0 Å². The molecule has 0 heterocycles. The SMILES string of the molecule is CCCOC(=O)CCCCCCCCCC(C)(C)C(=O)OCCC. The number of esters is 2. The van der Waals surface area contributed by atoms with Gasteiger partial charge in [0.1, 0.15) is 0 Å². The van der Waals surface area contributed by atoms with Crippen molar-refractivity contribution in [2.75, 3.05) is 13.2 Å². The maximum atomic E-state index is 11.9. The van der Waals surface area contributed by atoms with E-state index in [0.29, 0.717) is 19.6 Å². The molecule has 0 aliphatic heterocycles. The third kappa shape index (κ3) is 12.4. The van der Waals surface area contributed by atoms with Gasteiger partial charge < -0.3 is 9.47 Å². The highest BCUT2D eigenvalue weighted by Gasteiger charge is 2.28. The fourth-order valence-electron chi connectivity index (χ4n) is 2.50. The molecule has 0 amide bonds. The molecule has 0 saturated heterocycles. The van der Waals surface area contributed by atoms with Crippen LogP contribution in [0.15, 0.2) is 0 Å². The first-order valence-electron chi connectivity index (χ1n) is 9.77. The summed E-state index contributed by atoms with van der Waals surface area (Å²) in [5, 5.41) is 0. The third-order valence-electron chi connectivity index (χ3n) is 4.14. The van der Waals surface area contributed by atoms with Gasteiger partial charge in [-0.2, -0.15) is 0 Å². The van der Waals surface area contributed by atoms with Crippen LogP contribution >= 0.6 is 0 Å². The number of carbonyl (C=O) groups excluding carboxylic acids is 2. The summed E-state index contributed by atoms with van der Waals surface area (Å²) < 4.78 is 10.3. The van der Waals surface area contributed by atoms with E-state index in [0.717, 1.165) is 44.9 Å². The van der Waals surface area contributed by atoms with Gasteiger partial charge in [0.15, 0.2) is 0 Å². The van der Waals surface area contributed by atoms with Crippen molar-refractivity contribution in [3.05, 3.63) is 0 Å². The lowest BCUT2D eigenvalue weighted by Crippen LogP contribution is -2.26. The summed E-state index contributed by atoms with van der Waals surface area (Å²) in [5.74, 6) is -0.131. The molecule has 0 spiro atoms. The second-order valence-corrected chi connectivity index (χ2v) is 7.22. The maximum absolute atomic E-state index is 11.9. The molecule has 4 nitrogen and oxygen atoms in total. The zero-order valence-electron chi connectivity index (χ0n) is 16.3. The van der Waals surface area contributed by atoms with Gasteiger partial charge in [0.2, 0.25) is 0 Å². The summed E-state index contributed by atoms with van der Waals surface area (Å²) in [6.45, 7) is 9.03. The van der Waals surface area contributed by atoms with Crippen molar-refractivity contribution < 1.29 is 19.1 Å². The van der Waals surface area contributed by atoms with E-state index in [1.165, 1.54) is 19.3 Å². The second-order valence-electron chi connectivity index (χ2n) is 7.22. The number of hydrogen-bond acceptors (Lipinski definition) is 4. The van der Waals surface area contributed by atoms with Crippen LogP contribution in [0.4, 0.5) is 0 Å². The first-order chi connectivity index (χ1) is 11.4. The molecule has 0 fully saturated rings. The molecule has 0 rings (SSSR count). The number of carbonyl (C=O) groups is 2. The molecule has 0 aliphatic rings. The molecule has 4 heteroatoms. The van der Waals surface area contributed by atoms with Crippen molar-refractivity contribution in [3.8, 4) is 0 Å². The summed E-state index contributed by atoms with van der Waals surface area (Å²) in [4.78, 5) is 23.3. The normalized spacial score (nSPS) is 11.3. The van der Waals surface area contributed by atoms with Gasteiger partial charge in [-0.1, -0.05) is 52.4 Å². The average Bonchev–Trinajstić information content (AvgIpc) is 2.56. The highest BCUT2D eigenvalue weighted by molar-refractivity contribution is 5.75. The number of ether oxygens (including phenoxy) is 2. The van der Waals surface area contributed by atoms with Gasteiger partial charge in [0.05, 0.1) is 18.6 Å². The largest absolute Gasteiger partial charge is 0.466 e. The van der Waals surface area contributed by atoms with Crippen LogP contribution in [0.25, 0.3) is 0 Å². The van der Waals surface area contributed by atoms with Crippen molar-refractivity contribution in [1.82, 2.24) is 0 Å². The zero-order valence-corrected chi connectivity index (χ0v) is 16.3. The van der Waals surface area contributed by atoms with Crippen molar-refractivity contribution in [1.29, 1.82) is 0 Å². The van der Waals surface area contributed by atoms with Crippen LogP contribution in [-0.4, -0.2) is 25.2 Å². The second kappa shape index (κ2) is 14.3. The molecule has 0 atom stereocenters. The highest BCUT2D eigenvalue weighted by Crippen LogP contribution is 2.26. The molecule has 0 aliphatic carbocycles. The lowest BCUT2D eigenvalue weighted by molar-refractivity contribution is -0.154. The molecule has 0 saturated carbocycles. The van der Waals surface area contributed by atoms with Gasteiger partial charge in [-0.25, -0.2) is 0 Å². The lowest BCUT2D eigenvalue weighted by Gasteiger charge is -2.22. The number of hydrogen-bond donors (Lipinski definition) is 0. The van der Waals surface area contributed by atoms with Crippen LogP contribution in [0.5, 0.6) is 0 Å². The Morgan fingerprint density at radius 2 is 1.25 bits per heavy atom. The van der Waals surface area contributed by atoms with Gasteiger partial charge in [-0.15, -0.1) is 0 Å². The Balaban J connectivity index is 3.50. The van der Waals surface area contributed by atoms with Gasteiger partial charge in [-0.05, 0) is 39.5 Å². The van der Waals surface area contributed by atoms with Crippen LogP contribution in [-0.2, 0) is 19.1 Å². The van der Waals surface area contributed by atoms with E-state index in [4.69, 9.17) is 9.47 Å². The Bertz CT molecular complexity index is 337. The van der Waals surface area contributed by atoms with Crippen LogP contribution < -0.4 is 0 Å². The molecule has 0 radical (unpaired) electrons. The molecular weight excluding hydrogens is 304 g/mol. The van der Waals surface area contributed by atoms with Crippen molar-refractivity contribution >= 4 is 11.9 Å². The Morgan fingerprint density at radius 3 is 1.83 bits per heavy atom. The van der Waals surface area contributed by atoms with E-state index in [2.05, 4.69) is 0 Å². The predicted molar refractivity (Wildman–Crippen MR) is 97.8 cm³/mol. The van der Waals surface area contributed by atoms with E-state index < -0.39 is 0 Å². The van der Waals surface area contributed by atoms with Crippen LogP contribution in [0.2, 0.25) is 0 Å². The molecule has 24 heavy (non-hydrogen) atoms. The maximum Gasteiger partial charge on any atom is 0.311 e. The quantitative estimate of drug-likeness (QED) is 0.294. The monoisotopic (exact) mass is 342 g/mol. The fourth-order valence-corrected chi connectivity index (χ4v) is 2.50. The first kappa shape index (κ1) is 22.9. The molecule has 142 valence electrons. The molecule has 0 unspecified atom stereocenters. The molecule has 0 N–H and O–H groups in total. The lowest BCUT2D eigenvalue weighted by atomic mass is 9.87. The molecule has 0 aromatic carbocycles.